The van der Waals surface area contributed by atoms with Crippen LogP contribution in [0.5, 0.6) is 0 Å². The summed E-state index contributed by atoms with van der Waals surface area (Å²) in [7, 11) is 1.72. The lowest BCUT2D eigenvalue weighted by Gasteiger charge is -2.41. The summed E-state index contributed by atoms with van der Waals surface area (Å²) in [5.41, 5.74) is -0.119. The molecule has 0 aromatic heterocycles. The highest BCUT2D eigenvalue weighted by Gasteiger charge is 2.41. The Morgan fingerprint density at radius 3 is 2.07 bits per heavy atom. The van der Waals surface area contributed by atoms with E-state index in [2.05, 4.69) is 29.4 Å². The van der Waals surface area contributed by atoms with Crippen LogP contribution in [0.3, 0.4) is 0 Å². The Labute approximate surface area is 277 Å². The third-order valence-electron chi connectivity index (χ3n) is 9.26. The molecule has 11 heteroatoms. The van der Waals surface area contributed by atoms with Crippen LogP contribution in [0.1, 0.15) is 108 Å². The van der Waals surface area contributed by atoms with Gasteiger partial charge in [-0.1, -0.05) is 54.0 Å². The quantitative estimate of drug-likeness (QED) is 0.231. The zero-order valence-corrected chi connectivity index (χ0v) is 30.3. The highest BCUT2D eigenvalue weighted by atomic mass is 16.5. The summed E-state index contributed by atoms with van der Waals surface area (Å²) in [5.74, 6) is -1.51. The topological polar surface area (TPSA) is 128 Å². The summed E-state index contributed by atoms with van der Waals surface area (Å²) in [6.07, 6.45) is 6.15. The zero-order chi connectivity index (χ0) is 34.9. The summed E-state index contributed by atoms with van der Waals surface area (Å²) in [6, 6.07) is -2.69. The van der Waals surface area contributed by atoms with Crippen LogP contribution in [-0.4, -0.2) is 107 Å². The standard InChI is InChI=1S/C35H61N5O6/c1-12-25(34(45)46-13-2)36-30(41)27-18-16-20-40(27)32(43)24(7)21-28(22(3)4)38(11)33(44)29(35(8,9)10)37-31(42)26-17-14-15-19-39(26)23(5)6/h21-23,25-29H,12-20H2,1-11H3,(H,36,41)(H,37,42)/b24-21+/t25?,26-,27+,28?,29-/m1/s1. The molecule has 2 N–H and O–H groups in total. The minimum atomic E-state index is -0.769. The van der Waals surface area contributed by atoms with E-state index in [0.29, 0.717) is 31.4 Å². The fraction of sp³-hybridized carbons (Fsp3) is 0.800. The number of rotatable bonds is 13. The third-order valence-corrected chi connectivity index (χ3v) is 9.26. The van der Waals surface area contributed by atoms with Gasteiger partial charge in [0.25, 0.3) is 0 Å². The van der Waals surface area contributed by atoms with Gasteiger partial charge in [-0.05, 0) is 77.7 Å². The molecule has 11 nitrogen and oxygen atoms in total. The van der Waals surface area contributed by atoms with Gasteiger partial charge < -0.3 is 25.2 Å². The molecule has 2 rings (SSSR count). The smallest absolute Gasteiger partial charge is 0.328 e. The molecule has 0 bridgehead atoms. The molecular weight excluding hydrogens is 586 g/mol. The Kier molecular flexibility index (Phi) is 14.7. The number of hydrogen-bond acceptors (Lipinski definition) is 7. The summed E-state index contributed by atoms with van der Waals surface area (Å²) < 4.78 is 5.08. The number of hydrogen-bond donors (Lipinski definition) is 2. The van der Waals surface area contributed by atoms with Gasteiger partial charge in [0.2, 0.25) is 23.6 Å². The molecule has 2 aliphatic heterocycles. The van der Waals surface area contributed by atoms with Crippen molar-refractivity contribution >= 4 is 29.6 Å². The van der Waals surface area contributed by atoms with Crippen molar-refractivity contribution in [3.63, 3.8) is 0 Å². The number of likely N-dealkylation sites (N-methyl/N-ethyl adjacent to an activating group) is 1. The van der Waals surface area contributed by atoms with Gasteiger partial charge in [0.1, 0.15) is 18.1 Å². The summed E-state index contributed by atoms with van der Waals surface area (Å²) in [6.45, 7) is 20.7. The van der Waals surface area contributed by atoms with E-state index < -0.39 is 35.6 Å². The summed E-state index contributed by atoms with van der Waals surface area (Å²) in [4.78, 5) is 72.3. The van der Waals surface area contributed by atoms with Crippen LogP contribution in [0.25, 0.3) is 0 Å². The SMILES string of the molecule is CCOC(=O)C(CC)NC(=O)[C@@H]1CCCN1C(=O)/C(C)=C/C(C(C)C)N(C)C(=O)[C@@H](NC(=O)[C@H]1CCCCN1C(C)C)C(C)(C)C. The van der Waals surface area contributed by atoms with E-state index in [-0.39, 0.29) is 48.2 Å². The Bertz CT molecular complexity index is 1110. The molecule has 0 saturated carbocycles. The van der Waals surface area contributed by atoms with Crippen molar-refractivity contribution in [2.45, 2.75) is 144 Å². The first-order chi connectivity index (χ1) is 21.5. The van der Waals surface area contributed by atoms with E-state index in [1.807, 2.05) is 34.6 Å². The Hall–Kier alpha value is -2.95. The van der Waals surface area contributed by atoms with E-state index in [9.17, 15) is 24.0 Å². The molecule has 2 heterocycles. The fourth-order valence-corrected chi connectivity index (χ4v) is 6.52. The average Bonchev–Trinajstić information content (AvgIpc) is 3.49. The van der Waals surface area contributed by atoms with Crippen molar-refractivity contribution in [3.05, 3.63) is 11.6 Å². The molecule has 2 fully saturated rings. The maximum absolute atomic E-state index is 14.1. The van der Waals surface area contributed by atoms with E-state index >= 15 is 0 Å². The van der Waals surface area contributed by atoms with Crippen molar-refractivity contribution < 1.29 is 28.7 Å². The largest absolute Gasteiger partial charge is 0.464 e. The molecule has 2 saturated heterocycles. The molecule has 5 atom stereocenters. The predicted octanol–water partition coefficient (Wildman–Crippen LogP) is 3.66. The van der Waals surface area contributed by atoms with Gasteiger partial charge in [0.05, 0.1) is 18.7 Å². The molecule has 0 radical (unpaired) electrons. The van der Waals surface area contributed by atoms with Crippen LogP contribution < -0.4 is 10.6 Å². The van der Waals surface area contributed by atoms with Crippen molar-refractivity contribution in [2.24, 2.45) is 11.3 Å². The Balaban J connectivity index is 2.25. The predicted molar refractivity (Wildman–Crippen MR) is 180 cm³/mol. The van der Waals surface area contributed by atoms with Crippen LogP contribution in [-0.2, 0) is 28.7 Å². The molecule has 262 valence electrons. The average molecular weight is 648 g/mol. The van der Waals surface area contributed by atoms with Gasteiger partial charge in [-0.25, -0.2) is 4.79 Å². The molecular formula is C35H61N5O6. The molecule has 0 spiro atoms. The maximum atomic E-state index is 14.1. The monoisotopic (exact) mass is 647 g/mol. The number of amides is 4. The number of nitrogens with one attached hydrogen (secondary N) is 2. The number of piperidine rings is 1. The van der Waals surface area contributed by atoms with Crippen LogP contribution in [0.2, 0.25) is 0 Å². The van der Waals surface area contributed by atoms with E-state index in [1.54, 1.807) is 43.7 Å². The minimum absolute atomic E-state index is 0.0321. The third kappa shape index (κ3) is 10.0. The van der Waals surface area contributed by atoms with Gasteiger partial charge >= 0.3 is 5.97 Å². The van der Waals surface area contributed by atoms with Crippen molar-refractivity contribution in [2.75, 3.05) is 26.7 Å². The zero-order valence-electron chi connectivity index (χ0n) is 30.3. The molecule has 2 unspecified atom stereocenters. The van der Waals surface area contributed by atoms with Crippen molar-refractivity contribution in [3.8, 4) is 0 Å². The summed E-state index contributed by atoms with van der Waals surface area (Å²) >= 11 is 0. The normalized spacial score (nSPS) is 21.5. The highest BCUT2D eigenvalue weighted by molar-refractivity contribution is 5.98. The lowest BCUT2D eigenvalue weighted by molar-refractivity contribution is -0.148. The first-order valence-electron chi connectivity index (χ1n) is 17.2. The van der Waals surface area contributed by atoms with Gasteiger partial charge in [-0.3, -0.25) is 24.1 Å². The van der Waals surface area contributed by atoms with Gasteiger partial charge in [-0.2, -0.15) is 0 Å². The van der Waals surface area contributed by atoms with Crippen molar-refractivity contribution in [1.82, 2.24) is 25.3 Å². The molecule has 4 amide bonds. The minimum Gasteiger partial charge on any atom is -0.464 e. The van der Waals surface area contributed by atoms with E-state index in [0.717, 1.165) is 25.8 Å². The van der Waals surface area contributed by atoms with Crippen LogP contribution in [0.4, 0.5) is 0 Å². The van der Waals surface area contributed by atoms with Crippen LogP contribution in [0, 0.1) is 11.3 Å². The second-order valence-electron chi connectivity index (χ2n) is 14.6. The number of likely N-dealkylation sites (tertiary alicyclic amines) is 2. The maximum Gasteiger partial charge on any atom is 0.328 e. The molecule has 0 aromatic rings. The number of nitrogens with zero attached hydrogens (tertiary/aromatic N) is 3. The Morgan fingerprint density at radius 1 is 0.913 bits per heavy atom. The lowest BCUT2D eigenvalue weighted by Crippen LogP contribution is -2.60. The molecule has 0 aliphatic carbocycles. The fourth-order valence-electron chi connectivity index (χ4n) is 6.52. The highest BCUT2D eigenvalue weighted by Crippen LogP contribution is 2.27. The van der Waals surface area contributed by atoms with Crippen LogP contribution >= 0.6 is 0 Å². The molecule has 0 aromatic carbocycles. The number of carbonyl (C=O) groups is 5. The van der Waals surface area contributed by atoms with Gasteiger partial charge in [0.15, 0.2) is 0 Å². The number of esters is 1. The lowest BCUT2D eigenvalue weighted by atomic mass is 9.84. The van der Waals surface area contributed by atoms with E-state index in [1.165, 1.54) is 0 Å². The second kappa shape index (κ2) is 17.3. The van der Waals surface area contributed by atoms with Gasteiger partial charge in [-0.15, -0.1) is 0 Å². The Morgan fingerprint density at radius 2 is 1.52 bits per heavy atom. The number of carbonyl (C=O) groups excluding carboxylic acids is 5. The van der Waals surface area contributed by atoms with E-state index in [4.69, 9.17) is 4.74 Å². The second-order valence-corrected chi connectivity index (χ2v) is 14.6. The first kappa shape index (κ1) is 39.2. The van der Waals surface area contributed by atoms with Gasteiger partial charge in [0, 0.05) is 25.2 Å². The number of ether oxygens (including phenoxy) is 1. The van der Waals surface area contributed by atoms with Crippen LogP contribution in [0.15, 0.2) is 11.6 Å². The first-order valence-corrected chi connectivity index (χ1v) is 17.2. The molecule has 46 heavy (non-hydrogen) atoms. The summed E-state index contributed by atoms with van der Waals surface area (Å²) in [5, 5.41) is 5.88. The van der Waals surface area contributed by atoms with Crippen molar-refractivity contribution in [1.29, 1.82) is 0 Å². The molecule has 2 aliphatic rings.